The summed E-state index contributed by atoms with van der Waals surface area (Å²) in [6, 6.07) is 6.27. The Morgan fingerprint density at radius 1 is 1.30 bits per heavy atom. The van der Waals surface area contributed by atoms with Crippen LogP contribution in [0.2, 0.25) is 0 Å². The van der Waals surface area contributed by atoms with Gasteiger partial charge in [0.25, 0.3) is 5.91 Å². The maximum Gasteiger partial charge on any atom is 0.254 e. The fourth-order valence-electron chi connectivity index (χ4n) is 2.28. The number of carbonyl (C=O) groups excluding carboxylic acids is 1. The molecule has 3 heteroatoms. The Balaban J connectivity index is 2.83. The van der Waals surface area contributed by atoms with Gasteiger partial charge in [0, 0.05) is 30.9 Å². The molecule has 0 aliphatic rings. The highest BCUT2D eigenvalue weighted by molar-refractivity contribution is 5.96. The Morgan fingerprint density at radius 3 is 2.55 bits per heavy atom. The molecular weight excluding hydrogens is 248 g/mol. The number of rotatable bonds is 7. The number of amides is 1. The Kier molecular flexibility index (Phi) is 6.56. The molecule has 0 fully saturated rings. The van der Waals surface area contributed by atoms with Crippen molar-refractivity contribution in [2.24, 2.45) is 0 Å². The van der Waals surface area contributed by atoms with Crippen LogP contribution in [-0.2, 0) is 0 Å². The van der Waals surface area contributed by atoms with Gasteiger partial charge in [-0.05, 0) is 50.5 Å². The van der Waals surface area contributed by atoms with Crippen molar-refractivity contribution in [3.63, 3.8) is 0 Å². The molecule has 1 amide bonds. The Labute approximate surface area is 123 Å². The molecule has 0 heterocycles. The third kappa shape index (κ3) is 4.26. The van der Waals surface area contributed by atoms with Crippen LogP contribution in [0.5, 0.6) is 0 Å². The minimum absolute atomic E-state index is 0.116. The second-order valence-electron chi connectivity index (χ2n) is 5.51. The SMILES string of the molecule is CCCNc1ccc(C(=O)N(C)C(C)CCC)c(C)c1. The maximum absolute atomic E-state index is 12.5. The Hall–Kier alpha value is -1.51. The number of nitrogens with zero attached hydrogens (tertiary/aromatic N) is 1. The third-order valence-electron chi connectivity index (χ3n) is 3.72. The lowest BCUT2D eigenvalue weighted by Gasteiger charge is -2.25. The van der Waals surface area contributed by atoms with Crippen molar-refractivity contribution >= 4 is 11.6 Å². The zero-order chi connectivity index (χ0) is 15.1. The van der Waals surface area contributed by atoms with Gasteiger partial charge in [-0.2, -0.15) is 0 Å². The van der Waals surface area contributed by atoms with Crippen molar-refractivity contribution in [1.29, 1.82) is 0 Å². The van der Waals surface area contributed by atoms with Crippen molar-refractivity contribution in [1.82, 2.24) is 4.90 Å². The first-order valence-electron chi connectivity index (χ1n) is 7.62. The van der Waals surface area contributed by atoms with E-state index in [1.165, 1.54) is 0 Å². The summed E-state index contributed by atoms with van der Waals surface area (Å²) < 4.78 is 0. The predicted octanol–water partition coefficient (Wildman–Crippen LogP) is 4.08. The molecule has 1 atom stereocenters. The third-order valence-corrected chi connectivity index (χ3v) is 3.72. The first-order chi connectivity index (χ1) is 9.51. The van der Waals surface area contributed by atoms with E-state index in [1.54, 1.807) is 0 Å². The average molecular weight is 276 g/mol. The van der Waals surface area contributed by atoms with Gasteiger partial charge in [0.05, 0.1) is 0 Å². The number of anilines is 1. The average Bonchev–Trinajstić information content (AvgIpc) is 2.44. The molecule has 0 aliphatic carbocycles. The molecule has 0 saturated carbocycles. The predicted molar refractivity (Wildman–Crippen MR) is 86.4 cm³/mol. The lowest BCUT2D eigenvalue weighted by atomic mass is 10.0. The smallest absolute Gasteiger partial charge is 0.254 e. The van der Waals surface area contributed by atoms with E-state index in [1.807, 2.05) is 31.0 Å². The molecule has 1 aromatic rings. The summed E-state index contributed by atoms with van der Waals surface area (Å²) >= 11 is 0. The summed E-state index contributed by atoms with van der Waals surface area (Å²) in [6.07, 6.45) is 3.23. The number of hydrogen-bond acceptors (Lipinski definition) is 2. The van der Waals surface area contributed by atoms with E-state index in [4.69, 9.17) is 0 Å². The van der Waals surface area contributed by atoms with Gasteiger partial charge in [-0.3, -0.25) is 4.79 Å². The summed E-state index contributed by atoms with van der Waals surface area (Å²) in [5, 5.41) is 3.35. The van der Waals surface area contributed by atoms with Crippen molar-refractivity contribution < 1.29 is 4.79 Å². The molecule has 0 bridgehead atoms. The van der Waals surface area contributed by atoms with E-state index in [9.17, 15) is 4.79 Å². The normalized spacial score (nSPS) is 12.1. The second kappa shape index (κ2) is 7.93. The first kappa shape index (κ1) is 16.5. The highest BCUT2D eigenvalue weighted by Gasteiger charge is 2.18. The minimum Gasteiger partial charge on any atom is -0.385 e. The first-order valence-corrected chi connectivity index (χ1v) is 7.62. The maximum atomic E-state index is 12.5. The lowest BCUT2D eigenvalue weighted by molar-refractivity contribution is 0.0736. The van der Waals surface area contributed by atoms with Gasteiger partial charge in [0.15, 0.2) is 0 Å². The highest BCUT2D eigenvalue weighted by atomic mass is 16.2. The van der Waals surface area contributed by atoms with Gasteiger partial charge in [-0.1, -0.05) is 20.3 Å². The van der Waals surface area contributed by atoms with Crippen LogP contribution < -0.4 is 5.32 Å². The molecule has 20 heavy (non-hydrogen) atoms. The van der Waals surface area contributed by atoms with Crippen molar-refractivity contribution in [3.05, 3.63) is 29.3 Å². The molecule has 1 rings (SSSR count). The molecule has 1 aromatic carbocycles. The number of hydrogen-bond donors (Lipinski definition) is 1. The fourth-order valence-corrected chi connectivity index (χ4v) is 2.28. The number of aryl methyl sites for hydroxylation is 1. The Bertz CT molecular complexity index is 443. The van der Waals surface area contributed by atoms with Crippen LogP contribution in [0.3, 0.4) is 0 Å². The van der Waals surface area contributed by atoms with E-state index < -0.39 is 0 Å². The molecule has 0 aromatic heterocycles. The minimum atomic E-state index is 0.116. The largest absolute Gasteiger partial charge is 0.385 e. The van der Waals surface area contributed by atoms with E-state index in [2.05, 4.69) is 32.2 Å². The molecule has 0 spiro atoms. The summed E-state index contributed by atoms with van der Waals surface area (Å²) in [6.45, 7) is 9.35. The summed E-state index contributed by atoms with van der Waals surface area (Å²) in [7, 11) is 1.89. The van der Waals surface area contributed by atoms with Crippen LogP contribution in [0, 0.1) is 6.92 Å². The molecule has 0 aliphatic heterocycles. The van der Waals surface area contributed by atoms with Crippen LogP contribution in [0.15, 0.2) is 18.2 Å². The molecule has 1 unspecified atom stereocenters. The van der Waals surface area contributed by atoms with Gasteiger partial charge in [-0.25, -0.2) is 0 Å². The van der Waals surface area contributed by atoms with Gasteiger partial charge in [-0.15, -0.1) is 0 Å². The zero-order valence-corrected chi connectivity index (χ0v) is 13.5. The van der Waals surface area contributed by atoms with Gasteiger partial charge in [0.1, 0.15) is 0 Å². The van der Waals surface area contributed by atoms with E-state index in [0.717, 1.165) is 42.6 Å². The summed E-state index contributed by atoms with van der Waals surface area (Å²) in [5.74, 6) is 0.116. The van der Waals surface area contributed by atoms with E-state index in [-0.39, 0.29) is 11.9 Å². The molecule has 112 valence electrons. The summed E-state index contributed by atoms with van der Waals surface area (Å²) in [4.78, 5) is 14.4. The second-order valence-corrected chi connectivity index (χ2v) is 5.51. The molecule has 3 nitrogen and oxygen atoms in total. The monoisotopic (exact) mass is 276 g/mol. The van der Waals surface area contributed by atoms with Gasteiger partial charge >= 0.3 is 0 Å². The van der Waals surface area contributed by atoms with Crippen molar-refractivity contribution in [2.45, 2.75) is 53.0 Å². The number of nitrogens with one attached hydrogen (secondary N) is 1. The number of benzene rings is 1. The number of carbonyl (C=O) groups is 1. The molecule has 0 saturated heterocycles. The van der Waals surface area contributed by atoms with Crippen LogP contribution in [-0.4, -0.2) is 30.4 Å². The van der Waals surface area contributed by atoms with Crippen molar-refractivity contribution in [3.8, 4) is 0 Å². The molecule has 1 N–H and O–H groups in total. The standard InChI is InChI=1S/C17H28N2O/c1-6-8-14(4)19(5)17(20)16-10-9-15(12-13(16)3)18-11-7-2/h9-10,12,14,18H,6-8,11H2,1-5H3. The molecule has 0 radical (unpaired) electrons. The lowest BCUT2D eigenvalue weighted by Crippen LogP contribution is -2.35. The van der Waals surface area contributed by atoms with Crippen LogP contribution in [0.4, 0.5) is 5.69 Å². The van der Waals surface area contributed by atoms with Crippen LogP contribution >= 0.6 is 0 Å². The van der Waals surface area contributed by atoms with E-state index in [0.29, 0.717) is 0 Å². The Morgan fingerprint density at radius 2 is 2.00 bits per heavy atom. The topological polar surface area (TPSA) is 32.3 Å². The molecular formula is C17H28N2O. The van der Waals surface area contributed by atoms with Gasteiger partial charge in [0.2, 0.25) is 0 Å². The van der Waals surface area contributed by atoms with E-state index >= 15 is 0 Å². The summed E-state index contributed by atoms with van der Waals surface area (Å²) in [5.41, 5.74) is 2.93. The van der Waals surface area contributed by atoms with Crippen LogP contribution in [0.25, 0.3) is 0 Å². The zero-order valence-electron chi connectivity index (χ0n) is 13.5. The van der Waals surface area contributed by atoms with Gasteiger partial charge < -0.3 is 10.2 Å². The fraction of sp³-hybridized carbons (Fsp3) is 0.588. The highest BCUT2D eigenvalue weighted by Crippen LogP contribution is 2.18. The van der Waals surface area contributed by atoms with Crippen LogP contribution in [0.1, 0.15) is 56.0 Å². The quantitative estimate of drug-likeness (QED) is 0.814. The van der Waals surface area contributed by atoms with Crippen molar-refractivity contribution in [2.75, 3.05) is 18.9 Å².